The Morgan fingerprint density at radius 2 is 1.93 bits per heavy atom. The summed E-state index contributed by atoms with van der Waals surface area (Å²) in [6, 6.07) is 20.3. The van der Waals surface area contributed by atoms with Gasteiger partial charge in [0.2, 0.25) is 0 Å². The molecule has 0 amide bonds. The summed E-state index contributed by atoms with van der Waals surface area (Å²) < 4.78 is 14.3. The van der Waals surface area contributed by atoms with Crippen LogP contribution in [0.3, 0.4) is 0 Å². The maximum absolute atomic E-state index is 12.3. The van der Waals surface area contributed by atoms with Crippen LogP contribution in [0.4, 0.5) is 10.1 Å². The zero-order chi connectivity index (χ0) is 18.8. The third-order valence-corrected chi connectivity index (χ3v) is 4.70. The number of aryl methyl sites for hydroxylation is 1. The van der Waals surface area contributed by atoms with E-state index in [0.717, 1.165) is 33.5 Å². The molecule has 0 spiro atoms. The topological polar surface area (TPSA) is 53.1 Å². The van der Waals surface area contributed by atoms with Crippen LogP contribution in [0.5, 0.6) is 0 Å². The number of nitriles is 1. The summed E-state index contributed by atoms with van der Waals surface area (Å²) >= 11 is 0. The van der Waals surface area contributed by atoms with Gasteiger partial charge in [0.25, 0.3) is 0 Å². The molecular weight excluding hydrogens is 339 g/mol. The maximum Gasteiger partial charge on any atom is 0.156 e. The predicted octanol–water partition coefficient (Wildman–Crippen LogP) is 5.11. The van der Waals surface area contributed by atoms with Gasteiger partial charge in [-0.1, -0.05) is 24.3 Å². The molecule has 0 saturated heterocycles. The number of anilines is 1. The van der Waals surface area contributed by atoms with Gasteiger partial charge < -0.3 is 5.32 Å². The number of para-hydroxylation sites is 2. The highest BCUT2D eigenvalue weighted by Crippen LogP contribution is 2.30. The van der Waals surface area contributed by atoms with Crippen molar-refractivity contribution in [3.05, 3.63) is 65.7 Å². The summed E-state index contributed by atoms with van der Waals surface area (Å²) in [6.07, 6.45) is 0.498. The number of pyridine rings is 1. The zero-order valence-corrected chi connectivity index (χ0v) is 15.0. The van der Waals surface area contributed by atoms with E-state index >= 15 is 0 Å². The average Bonchev–Trinajstić information content (AvgIpc) is 3.07. The summed E-state index contributed by atoms with van der Waals surface area (Å²) in [7, 11) is 0. The number of nitrogens with one attached hydrogen (secondary N) is 1. The molecule has 0 fully saturated rings. The largest absolute Gasteiger partial charge is 0.385 e. The molecule has 4 rings (SSSR count). The molecule has 0 saturated carbocycles. The predicted molar refractivity (Wildman–Crippen MR) is 107 cm³/mol. The molecule has 0 bridgehead atoms. The van der Waals surface area contributed by atoms with Crippen LogP contribution >= 0.6 is 0 Å². The minimum atomic E-state index is -0.318. The van der Waals surface area contributed by atoms with Gasteiger partial charge in [0, 0.05) is 12.2 Å². The highest BCUT2D eigenvalue weighted by atomic mass is 19.1. The van der Waals surface area contributed by atoms with Gasteiger partial charge in [-0.25, -0.2) is 4.98 Å². The Morgan fingerprint density at radius 1 is 1.15 bits per heavy atom. The highest BCUT2D eigenvalue weighted by Gasteiger charge is 2.15. The Kier molecular flexibility index (Phi) is 4.47. The van der Waals surface area contributed by atoms with Crippen LogP contribution < -0.4 is 5.32 Å². The first-order chi connectivity index (χ1) is 13.2. The van der Waals surface area contributed by atoms with Crippen LogP contribution in [-0.2, 0) is 0 Å². The van der Waals surface area contributed by atoms with Crippen LogP contribution in [0.15, 0.2) is 54.6 Å². The molecule has 2 aromatic heterocycles. The molecule has 4 aromatic rings. The lowest BCUT2D eigenvalue weighted by Crippen LogP contribution is -2.02. The van der Waals surface area contributed by atoms with Crippen molar-refractivity contribution in [1.29, 1.82) is 5.26 Å². The number of aromatic nitrogens is 2. The first kappa shape index (κ1) is 17.0. The molecule has 5 heteroatoms. The average molecular weight is 358 g/mol. The lowest BCUT2D eigenvalue weighted by atomic mass is 10.1. The number of halogens is 1. The van der Waals surface area contributed by atoms with Crippen molar-refractivity contribution in [3.8, 4) is 17.3 Å². The second-order valence-electron chi connectivity index (χ2n) is 6.51. The van der Waals surface area contributed by atoms with Gasteiger partial charge in [0.15, 0.2) is 5.65 Å². The van der Waals surface area contributed by atoms with Gasteiger partial charge >= 0.3 is 0 Å². The van der Waals surface area contributed by atoms with Gasteiger partial charge in [-0.2, -0.15) is 5.26 Å². The standard InChI is InChI=1S/C22H19FN4/c1-15-13-21(16-7-9-17(10-8-16)25-12-4-11-23)27-20-6-3-2-5-19(20)26-22(27)18(15)14-24/h2-3,5-10,13,25H,4,11-12H2,1H3. The van der Waals surface area contributed by atoms with E-state index in [0.29, 0.717) is 24.2 Å². The first-order valence-electron chi connectivity index (χ1n) is 8.94. The summed E-state index contributed by atoms with van der Waals surface area (Å²) in [5.41, 5.74) is 7.01. The van der Waals surface area contributed by atoms with E-state index in [9.17, 15) is 9.65 Å². The Labute approximate surface area is 156 Å². The van der Waals surface area contributed by atoms with Crippen molar-refractivity contribution in [2.24, 2.45) is 0 Å². The van der Waals surface area contributed by atoms with Gasteiger partial charge in [-0.3, -0.25) is 8.79 Å². The smallest absolute Gasteiger partial charge is 0.156 e. The van der Waals surface area contributed by atoms with Crippen LogP contribution in [0.25, 0.3) is 27.9 Å². The van der Waals surface area contributed by atoms with Crippen molar-refractivity contribution < 1.29 is 4.39 Å². The number of hydrogen-bond donors (Lipinski definition) is 1. The lowest BCUT2D eigenvalue weighted by Gasteiger charge is -2.12. The van der Waals surface area contributed by atoms with Gasteiger partial charge in [-0.15, -0.1) is 0 Å². The van der Waals surface area contributed by atoms with Crippen LogP contribution in [0.1, 0.15) is 17.5 Å². The van der Waals surface area contributed by atoms with E-state index in [2.05, 4.69) is 11.4 Å². The molecule has 2 aromatic carbocycles. The number of nitrogens with zero attached hydrogens (tertiary/aromatic N) is 3. The lowest BCUT2D eigenvalue weighted by molar-refractivity contribution is 0.481. The summed E-state index contributed by atoms with van der Waals surface area (Å²) in [5, 5.41) is 12.8. The van der Waals surface area contributed by atoms with Crippen LogP contribution in [0, 0.1) is 18.3 Å². The molecule has 2 heterocycles. The Hall–Kier alpha value is -3.39. The van der Waals surface area contributed by atoms with Gasteiger partial charge in [0.1, 0.15) is 6.07 Å². The molecule has 0 radical (unpaired) electrons. The van der Waals surface area contributed by atoms with Crippen LogP contribution in [-0.4, -0.2) is 22.6 Å². The summed E-state index contributed by atoms with van der Waals surface area (Å²) in [6.45, 7) is 2.23. The van der Waals surface area contributed by atoms with E-state index in [-0.39, 0.29) is 6.67 Å². The molecule has 0 aliphatic heterocycles. The van der Waals surface area contributed by atoms with Crippen molar-refractivity contribution >= 4 is 22.4 Å². The number of alkyl halides is 1. The molecule has 4 nitrogen and oxygen atoms in total. The molecule has 0 aliphatic rings. The second-order valence-corrected chi connectivity index (χ2v) is 6.51. The first-order valence-corrected chi connectivity index (χ1v) is 8.94. The SMILES string of the molecule is Cc1cc(-c2ccc(NCCCF)cc2)n2c(nc3ccccc32)c1C#N. The molecule has 0 aliphatic carbocycles. The molecule has 0 atom stereocenters. The van der Waals surface area contributed by atoms with Crippen LogP contribution in [0.2, 0.25) is 0 Å². The monoisotopic (exact) mass is 358 g/mol. The number of benzene rings is 2. The van der Waals surface area contributed by atoms with Crippen molar-refractivity contribution in [3.63, 3.8) is 0 Å². The van der Waals surface area contributed by atoms with Crippen molar-refractivity contribution in [2.45, 2.75) is 13.3 Å². The molecule has 134 valence electrons. The summed E-state index contributed by atoms with van der Waals surface area (Å²) in [5.74, 6) is 0. The second kappa shape index (κ2) is 7.08. The molecule has 0 unspecified atom stereocenters. The molecule has 1 N–H and O–H groups in total. The van der Waals surface area contributed by atoms with E-state index in [4.69, 9.17) is 4.98 Å². The number of imidazole rings is 1. The van der Waals surface area contributed by atoms with E-state index in [1.807, 2.05) is 65.9 Å². The minimum absolute atomic E-state index is 0.318. The van der Waals surface area contributed by atoms with Gasteiger partial charge in [-0.05, 0) is 54.8 Å². The molecular formula is C22H19FN4. The third-order valence-electron chi connectivity index (χ3n) is 4.70. The zero-order valence-electron chi connectivity index (χ0n) is 15.0. The number of hydrogen-bond acceptors (Lipinski definition) is 3. The number of fused-ring (bicyclic) bond motifs is 3. The summed E-state index contributed by atoms with van der Waals surface area (Å²) in [4.78, 5) is 4.69. The fraction of sp³-hybridized carbons (Fsp3) is 0.182. The minimum Gasteiger partial charge on any atom is -0.385 e. The van der Waals surface area contributed by atoms with E-state index in [1.165, 1.54) is 0 Å². The van der Waals surface area contributed by atoms with Crippen molar-refractivity contribution in [1.82, 2.24) is 9.38 Å². The quantitative estimate of drug-likeness (QED) is 0.505. The Morgan fingerprint density at radius 3 is 2.67 bits per heavy atom. The maximum atomic E-state index is 12.3. The Balaban J connectivity index is 1.88. The fourth-order valence-electron chi connectivity index (χ4n) is 3.36. The van der Waals surface area contributed by atoms with Crippen molar-refractivity contribution in [2.75, 3.05) is 18.5 Å². The number of rotatable bonds is 5. The molecule has 27 heavy (non-hydrogen) atoms. The van der Waals surface area contributed by atoms with Gasteiger partial charge in [0.05, 0.1) is 29.0 Å². The highest BCUT2D eigenvalue weighted by molar-refractivity contribution is 5.86. The normalized spacial score (nSPS) is 11.0. The third kappa shape index (κ3) is 3.00. The Bertz CT molecular complexity index is 1150. The van der Waals surface area contributed by atoms with E-state index in [1.54, 1.807) is 0 Å². The fourth-order valence-corrected chi connectivity index (χ4v) is 3.36. The van der Waals surface area contributed by atoms with E-state index < -0.39 is 0 Å².